The summed E-state index contributed by atoms with van der Waals surface area (Å²) >= 11 is 1.75. The van der Waals surface area contributed by atoms with Crippen molar-refractivity contribution in [3.05, 3.63) is 47.8 Å². The van der Waals surface area contributed by atoms with E-state index in [1.807, 2.05) is 45.2 Å². The van der Waals surface area contributed by atoms with Gasteiger partial charge in [-0.25, -0.2) is 9.97 Å². The van der Waals surface area contributed by atoms with E-state index in [1.54, 1.807) is 11.8 Å². The van der Waals surface area contributed by atoms with Crippen molar-refractivity contribution in [1.82, 2.24) is 15.3 Å². The topological polar surface area (TPSA) is 89.8 Å². The van der Waals surface area contributed by atoms with Crippen molar-refractivity contribution >= 4 is 46.5 Å². The number of nitrogens with zero attached hydrogens (tertiary/aromatic N) is 5. The second-order valence-electron chi connectivity index (χ2n) is 7.97. The van der Waals surface area contributed by atoms with Gasteiger partial charge in [-0.1, -0.05) is 56.8 Å². The lowest BCUT2D eigenvalue weighted by Crippen LogP contribution is -2.44. The summed E-state index contributed by atoms with van der Waals surface area (Å²) in [5.74, 6) is 2.55. The number of benzene rings is 1. The third kappa shape index (κ3) is 8.67. The van der Waals surface area contributed by atoms with Crippen LogP contribution in [-0.2, 0) is 0 Å². The quantitative estimate of drug-likeness (QED) is 0.368. The molecule has 1 atom stereocenters. The molecule has 2 aliphatic heterocycles. The van der Waals surface area contributed by atoms with Crippen molar-refractivity contribution < 1.29 is 0 Å². The van der Waals surface area contributed by atoms with Crippen LogP contribution in [0.3, 0.4) is 0 Å². The molecule has 1 unspecified atom stereocenters. The summed E-state index contributed by atoms with van der Waals surface area (Å²) in [6.07, 6.45) is 8.23. The first kappa shape index (κ1) is 26.7. The Morgan fingerprint density at radius 3 is 2.69 bits per heavy atom. The van der Waals surface area contributed by atoms with E-state index in [0.717, 1.165) is 73.9 Å². The molecule has 3 N–H and O–H groups in total. The molecule has 8 nitrogen and oxygen atoms in total. The Morgan fingerprint density at radius 2 is 1.94 bits per heavy atom. The smallest absolute Gasteiger partial charge is 0.162 e. The van der Waals surface area contributed by atoms with Crippen molar-refractivity contribution in [1.29, 1.82) is 0 Å². The van der Waals surface area contributed by atoms with Crippen molar-refractivity contribution in [2.45, 2.75) is 45.8 Å². The van der Waals surface area contributed by atoms with Crippen molar-refractivity contribution in [3.8, 4) is 0 Å². The molecule has 1 fully saturated rings. The molecule has 3 heterocycles. The van der Waals surface area contributed by atoms with E-state index >= 15 is 0 Å². The van der Waals surface area contributed by atoms with Gasteiger partial charge in [-0.3, -0.25) is 10.4 Å². The maximum absolute atomic E-state index is 4.68. The van der Waals surface area contributed by atoms with Crippen LogP contribution in [0.15, 0.2) is 46.5 Å². The molecule has 0 radical (unpaired) electrons. The Balaban J connectivity index is 0.00000167. The van der Waals surface area contributed by atoms with Gasteiger partial charge in [0.25, 0.3) is 0 Å². The van der Waals surface area contributed by atoms with Gasteiger partial charge >= 0.3 is 0 Å². The zero-order chi connectivity index (χ0) is 24.9. The number of piperazine rings is 1. The number of amidine groups is 1. The van der Waals surface area contributed by atoms with Crippen molar-refractivity contribution in [2.24, 2.45) is 10.1 Å². The molecule has 9 heteroatoms. The van der Waals surface area contributed by atoms with E-state index in [4.69, 9.17) is 0 Å². The number of anilines is 3. The summed E-state index contributed by atoms with van der Waals surface area (Å²) in [7, 11) is 0. The number of thioether (sulfide) groups is 1. The average molecular weight is 495 g/mol. The fourth-order valence-electron chi connectivity index (χ4n) is 3.62. The zero-order valence-electron chi connectivity index (χ0n) is 21.3. The predicted octanol–water partition coefficient (Wildman–Crippen LogP) is 5.02. The molecule has 2 aliphatic rings. The molecule has 4 rings (SSSR count). The largest absolute Gasteiger partial charge is 0.354 e. The minimum atomic E-state index is 0.368. The Bertz CT molecular complexity index is 997. The summed E-state index contributed by atoms with van der Waals surface area (Å²) in [6.45, 7) is 12.7. The first-order valence-electron chi connectivity index (χ1n) is 12.5. The third-order valence-electron chi connectivity index (χ3n) is 5.31. The molecule has 35 heavy (non-hydrogen) atoms. The van der Waals surface area contributed by atoms with Crippen LogP contribution < -0.4 is 21.0 Å². The second-order valence-corrected chi connectivity index (χ2v) is 9.19. The number of rotatable bonds is 7. The Kier molecular flexibility index (Phi) is 11.0. The zero-order valence-corrected chi connectivity index (χ0v) is 22.1. The number of aryl methyl sites for hydroxylation is 1. The van der Waals surface area contributed by atoms with Gasteiger partial charge in [0, 0.05) is 50.3 Å². The summed E-state index contributed by atoms with van der Waals surface area (Å²) in [4.78, 5) is 16.2. The van der Waals surface area contributed by atoms with Gasteiger partial charge in [0.05, 0.1) is 5.69 Å². The summed E-state index contributed by atoms with van der Waals surface area (Å²) in [5.41, 5.74) is 5.20. The number of aliphatic imine (C=N–C) groups is 1. The van der Waals surface area contributed by atoms with Crippen LogP contribution >= 0.6 is 11.8 Å². The molecular weight excluding hydrogens is 456 g/mol. The Hall–Kier alpha value is -2.91. The maximum Gasteiger partial charge on any atom is 0.162 e. The minimum absolute atomic E-state index is 0.368. The summed E-state index contributed by atoms with van der Waals surface area (Å²) in [6, 6.07) is 10.3. The highest BCUT2D eigenvalue weighted by atomic mass is 32.2. The number of hydrazone groups is 1. The fraction of sp³-hybridized carbons (Fsp3) is 0.462. The molecule has 0 spiro atoms. The number of nitrogens with one attached hydrogen (secondary N) is 3. The van der Waals surface area contributed by atoms with E-state index in [1.165, 1.54) is 5.56 Å². The standard InChI is InChI=1S/C24H32N8S.C2H6/c1-3-11-27-31-20-7-4-19(5-8-20)6-9-21-10-12-26-24(33-21)30-22-17-23(29-18(2)28-22)32-15-13-25-14-16-32;1-2/h4-9,11,17,21,25,31H,3,10,12-16H2,1-2H3,(H,26,28,29,30);1-2H3/b9-6+,27-11-;. The molecule has 0 amide bonds. The minimum Gasteiger partial charge on any atom is -0.354 e. The van der Waals surface area contributed by atoms with Crippen LogP contribution in [-0.4, -0.2) is 59.3 Å². The lowest BCUT2D eigenvalue weighted by Gasteiger charge is -2.28. The van der Waals surface area contributed by atoms with Gasteiger partial charge in [0.2, 0.25) is 0 Å². The fourth-order valence-corrected chi connectivity index (χ4v) is 4.61. The molecule has 2 aromatic rings. The van der Waals surface area contributed by atoms with E-state index < -0.39 is 0 Å². The van der Waals surface area contributed by atoms with Crippen LogP contribution in [0.4, 0.5) is 17.3 Å². The van der Waals surface area contributed by atoms with Crippen LogP contribution in [0.25, 0.3) is 6.08 Å². The van der Waals surface area contributed by atoms with Crippen molar-refractivity contribution in [3.63, 3.8) is 0 Å². The molecule has 1 aromatic heterocycles. The Morgan fingerprint density at radius 1 is 1.17 bits per heavy atom. The highest BCUT2D eigenvalue weighted by Gasteiger charge is 2.18. The number of hydrogen-bond donors (Lipinski definition) is 3. The molecule has 188 valence electrons. The van der Waals surface area contributed by atoms with E-state index in [-0.39, 0.29) is 0 Å². The normalized spacial score (nSPS) is 18.2. The van der Waals surface area contributed by atoms with Gasteiger partial charge in [0.1, 0.15) is 17.5 Å². The predicted molar refractivity (Wildman–Crippen MR) is 153 cm³/mol. The van der Waals surface area contributed by atoms with E-state index in [9.17, 15) is 0 Å². The van der Waals surface area contributed by atoms with Crippen LogP contribution in [0.2, 0.25) is 0 Å². The van der Waals surface area contributed by atoms with Crippen molar-refractivity contribution in [2.75, 3.05) is 48.4 Å². The number of hydrogen-bond acceptors (Lipinski definition) is 9. The lowest BCUT2D eigenvalue weighted by atomic mass is 10.1. The van der Waals surface area contributed by atoms with Crippen LogP contribution in [0.1, 0.15) is 45.0 Å². The SMILES string of the molecule is CC.CC/C=N\Nc1ccc(/C=C/C2CCN=C(Nc3cc(N4CCNCC4)nc(C)n3)S2)cc1. The molecule has 1 aromatic carbocycles. The Labute approximate surface area is 213 Å². The van der Waals surface area contributed by atoms with Gasteiger partial charge in [0.15, 0.2) is 5.17 Å². The van der Waals surface area contributed by atoms with Gasteiger partial charge in [-0.2, -0.15) is 5.10 Å². The molecule has 1 saturated heterocycles. The van der Waals surface area contributed by atoms with E-state index in [0.29, 0.717) is 5.25 Å². The van der Waals surface area contributed by atoms with Crippen LogP contribution in [0.5, 0.6) is 0 Å². The monoisotopic (exact) mass is 494 g/mol. The summed E-state index contributed by atoms with van der Waals surface area (Å²) < 4.78 is 0. The molecule has 0 saturated carbocycles. The molecular formula is C26H38N8S. The van der Waals surface area contributed by atoms with Gasteiger partial charge < -0.3 is 15.5 Å². The maximum atomic E-state index is 4.68. The highest BCUT2D eigenvalue weighted by molar-refractivity contribution is 8.14. The van der Waals surface area contributed by atoms with Gasteiger partial charge in [-0.05, 0) is 37.5 Å². The van der Waals surface area contributed by atoms with Crippen LogP contribution in [0, 0.1) is 6.92 Å². The first-order valence-corrected chi connectivity index (χ1v) is 13.4. The third-order valence-corrected chi connectivity index (χ3v) is 6.46. The highest BCUT2D eigenvalue weighted by Crippen LogP contribution is 2.26. The summed E-state index contributed by atoms with van der Waals surface area (Å²) in [5, 5.41) is 12.2. The molecule has 0 bridgehead atoms. The van der Waals surface area contributed by atoms with Gasteiger partial charge in [-0.15, -0.1) is 0 Å². The molecule has 0 aliphatic carbocycles. The lowest BCUT2D eigenvalue weighted by molar-refractivity contribution is 0.584. The van der Waals surface area contributed by atoms with E-state index in [2.05, 4.69) is 72.2 Å². The second kappa shape index (κ2) is 14.5. The number of aromatic nitrogens is 2. The first-order chi connectivity index (χ1) is 17.2. The average Bonchev–Trinajstić information content (AvgIpc) is 2.90.